The molecule has 5 rings (SSSR count). The van der Waals surface area contributed by atoms with Gasteiger partial charge in [-0.3, -0.25) is 9.59 Å². The second-order valence-corrected chi connectivity index (χ2v) is 13.5. The molecule has 1 unspecified atom stereocenters. The van der Waals surface area contributed by atoms with E-state index in [9.17, 15) is 19.8 Å². The first kappa shape index (κ1) is 27.1. The zero-order valence-electron chi connectivity index (χ0n) is 22.7. The van der Waals surface area contributed by atoms with Gasteiger partial charge in [0.25, 0.3) is 0 Å². The average Bonchev–Trinajstić information content (AvgIpc) is 3.15. The third-order valence-electron chi connectivity index (χ3n) is 8.62. The lowest BCUT2D eigenvalue weighted by Gasteiger charge is -2.46. The number of fused-ring (bicyclic) bond motifs is 1. The molecular weight excluding hydrogens is 498 g/mol. The maximum atomic E-state index is 13.7. The van der Waals surface area contributed by atoms with Crippen LogP contribution in [0.2, 0.25) is 5.02 Å². The summed E-state index contributed by atoms with van der Waals surface area (Å²) in [5.74, 6) is -2.16. The van der Waals surface area contributed by atoms with E-state index in [1.54, 1.807) is 0 Å². The molecule has 1 heterocycles. The molecule has 3 aromatic rings. The van der Waals surface area contributed by atoms with E-state index in [-0.39, 0.29) is 22.4 Å². The monoisotopic (exact) mass is 535 g/mol. The number of nitrogens with zero attached hydrogens (tertiary/aromatic N) is 1. The van der Waals surface area contributed by atoms with Crippen LogP contribution in [0.4, 0.5) is 0 Å². The van der Waals surface area contributed by atoms with Crippen LogP contribution in [-0.4, -0.2) is 38.6 Å². The lowest BCUT2D eigenvalue weighted by molar-refractivity contribution is -0.144. The number of aliphatic hydroxyl groups is 2. The number of aromatic nitrogens is 1. The van der Waals surface area contributed by atoms with Gasteiger partial charge >= 0.3 is 0 Å². The van der Waals surface area contributed by atoms with Gasteiger partial charge in [-0.15, -0.1) is 0 Å². The SMILES string of the molecule is CC1(C)CC(=O)[C@@H](C(c2cn(Cc3ccc(Cl)cc3)c3ccccc23)[C@H]2C(=O)CC(C)(C)C[C@@H]2O)[C@H](O)C1. The fourth-order valence-corrected chi connectivity index (χ4v) is 7.21. The van der Waals surface area contributed by atoms with E-state index in [0.29, 0.717) is 37.3 Å². The van der Waals surface area contributed by atoms with E-state index in [4.69, 9.17) is 11.6 Å². The Hall–Kier alpha value is -2.47. The molecule has 0 aliphatic heterocycles. The van der Waals surface area contributed by atoms with E-state index >= 15 is 0 Å². The zero-order chi connectivity index (χ0) is 27.4. The van der Waals surface area contributed by atoms with Gasteiger partial charge < -0.3 is 14.8 Å². The Kier molecular flexibility index (Phi) is 7.08. The molecule has 2 aliphatic rings. The van der Waals surface area contributed by atoms with Crippen molar-refractivity contribution in [3.63, 3.8) is 0 Å². The summed E-state index contributed by atoms with van der Waals surface area (Å²) in [6, 6.07) is 15.7. The Morgan fingerprint density at radius 1 is 0.868 bits per heavy atom. The first-order valence-corrected chi connectivity index (χ1v) is 14.0. The number of rotatable bonds is 5. The lowest BCUT2D eigenvalue weighted by atomic mass is 9.58. The molecule has 5 atom stereocenters. The highest BCUT2D eigenvalue weighted by Gasteiger charge is 2.52. The maximum absolute atomic E-state index is 13.7. The second-order valence-electron chi connectivity index (χ2n) is 13.1. The fraction of sp³-hybridized carbons (Fsp3) is 0.500. The minimum absolute atomic E-state index is 0.0295. The van der Waals surface area contributed by atoms with Crippen LogP contribution in [-0.2, 0) is 16.1 Å². The van der Waals surface area contributed by atoms with Crippen molar-refractivity contribution >= 4 is 34.1 Å². The van der Waals surface area contributed by atoms with Gasteiger partial charge in [-0.05, 0) is 53.0 Å². The van der Waals surface area contributed by atoms with Gasteiger partial charge in [-0.1, -0.05) is 69.6 Å². The third kappa shape index (κ3) is 5.21. The quantitative estimate of drug-likeness (QED) is 0.410. The molecule has 2 aliphatic carbocycles. The molecule has 2 saturated carbocycles. The van der Waals surface area contributed by atoms with Gasteiger partial charge in [0.05, 0.1) is 24.0 Å². The largest absolute Gasteiger partial charge is 0.392 e. The van der Waals surface area contributed by atoms with Crippen LogP contribution in [0, 0.1) is 22.7 Å². The summed E-state index contributed by atoms with van der Waals surface area (Å²) in [6.45, 7) is 8.59. The van der Waals surface area contributed by atoms with Crippen molar-refractivity contribution in [1.29, 1.82) is 0 Å². The molecule has 2 fully saturated rings. The third-order valence-corrected chi connectivity index (χ3v) is 8.87. The number of carbonyl (C=O) groups is 2. The molecule has 202 valence electrons. The standard InChI is InChI=1S/C32H38ClNO4/c1-31(2)13-24(35)29(25(36)14-31)28(30-26(37)15-32(3,4)16-27(30)38)22-18-34(23-8-6-5-7-21(22)23)17-19-9-11-20(33)12-10-19/h5-12,18,24,26,28-30,35,37H,13-17H2,1-4H3/t24-,26+,28?,29+,30-. The molecule has 5 nitrogen and oxygen atoms in total. The van der Waals surface area contributed by atoms with Crippen molar-refractivity contribution in [1.82, 2.24) is 4.57 Å². The number of Topliss-reactive ketones (excluding diaryl/α,β-unsaturated/α-hetero) is 2. The minimum Gasteiger partial charge on any atom is -0.392 e. The van der Waals surface area contributed by atoms with Gasteiger partial charge in [0.2, 0.25) is 0 Å². The highest BCUT2D eigenvalue weighted by molar-refractivity contribution is 6.30. The molecule has 0 amide bonds. The van der Waals surface area contributed by atoms with Crippen LogP contribution in [0.5, 0.6) is 0 Å². The Balaban J connectivity index is 1.66. The topological polar surface area (TPSA) is 79.5 Å². The Morgan fingerprint density at radius 2 is 1.39 bits per heavy atom. The Morgan fingerprint density at radius 3 is 1.92 bits per heavy atom. The van der Waals surface area contributed by atoms with Crippen LogP contribution in [0.25, 0.3) is 10.9 Å². The van der Waals surface area contributed by atoms with E-state index in [1.807, 2.05) is 82.4 Å². The number of aliphatic hydroxyl groups excluding tert-OH is 2. The van der Waals surface area contributed by atoms with Gasteiger partial charge in [0, 0.05) is 47.4 Å². The number of hydrogen-bond acceptors (Lipinski definition) is 4. The van der Waals surface area contributed by atoms with Crippen molar-refractivity contribution < 1.29 is 19.8 Å². The second kappa shape index (κ2) is 9.93. The number of carbonyl (C=O) groups excluding carboxylic acids is 2. The molecule has 1 aromatic heterocycles. The van der Waals surface area contributed by atoms with Gasteiger partial charge in [0.15, 0.2) is 0 Å². The van der Waals surface area contributed by atoms with Crippen molar-refractivity contribution in [3.8, 4) is 0 Å². The fourth-order valence-electron chi connectivity index (χ4n) is 7.09. The summed E-state index contributed by atoms with van der Waals surface area (Å²) in [5, 5.41) is 24.5. The molecule has 0 saturated heterocycles. The summed E-state index contributed by atoms with van der Waals surface area (Å²) >= 11 is 6.10. The van der Waals surface area contributed by atoms with Crippen molar-refractivity contribution in [2.75, 3.05) is 0 Å². The predicted molar refractivity (Wildman–Crippen MR) is 150 cm³/mol. The van der Waals surface area contributed by atoms with E-state index < -0.39 is 30.0 Å². The Bertz CT molecular complexity index is 1310. The van der Waals surface area contributed by atoms with Gasteiger partial charge in [-0.2, -0.15) is 0 Å². The lowest BCUT2D eigenvalue weighted by Crippen LogP contribution is -2.51. The summed E-state index contributed by atoms with van der Waals surface area (Å²) in [7, 11) is 0. The van der Waals surface area contributed by atoms with Gasteiger partial charge in [0.1, 0.15) is 11.6 Å². The molecule has 38 heavy (non-hydrogen) atoms. The van der Waals surface area contributed by atoms with Crippen molar-refractivity contribution in [2.24, 2.45) is 22.7 Å². The van der Waals surface area contributed by atoms with E-state index in [2.05, 4.69) is 4.57 Å². The van der Waals surface area contributed by atoms with Crippen LogP contribution in [0.15, 0.2) is 54.7 Å². The average molecular weight is 536 g/mol. The normalized spacial score (nSPS) is 28.0. The zero-order valence-corrected chi connectivity index (χ0v) is 23.4. The van der Waals surface area contributed by atoms with Crippen LogP contribution in [0.1, 0.15) is 70.4 Å². The molecule has 0 radical (unpaired) electrons. The summed E-state index contributed by atoms with van der Waals surface area (Å²) in [4.78, 5) is 27.4. The first-order valence-electron chi connectivity index (χ1n) is 13.6. The summed E-state index contributed by atoms with van der Waals surface area (Å²) in [5.41, 5.74) is 2.29. The number of para-hydroxylation sites is 1. The van der Waals surface area contributed by atoms with Gasteiger partial charge in [-0.25, -0.2) is 0 Å². The first-order chi connectivity index (χ1) is 17.8. The maximum Gasteiger partial charge on any atom is 0.139 e. The van der Waals surface area contributed by atoms with Crippen LogP contribution >= 0.6 is 11.6 Å². The molecule has 6 heteroatoms. The molecule has 2 N–H and O–H groups in total. The van der Waals surface area contributed by atoms with E-state index in [0.717, 1.165) is 22.0 Å². The number of halogens is 1. The predicted octanol–water partition coefficient (Wildman–Crippen LogP) is 6.16. The van der Waals surface area contributed by atoms with Crippen LogP contribution < -0.4 is 0 Å². The number of hydrogen-bond donors (Lipinski definition) is 2. The number of benzene rings is 2. The smallest absolute Gasteiger partial charge is 0.139 e. The highest BCUT2D eigenvalue weighted by atomic mass is 35.5. The van der Waals surface area contributed by atoms with Crippen molar-refractivity contribution in [3.05, 3.63) is 70.9 Å². The van der Waals surface area contributed by atoms with Crippen LogP contribution in [0.3, 0.4) is 0 Å². The highest BCUT2D eigenvalue weighted by Crippen LogP contribution is 2.51. The summed E-state index contributed by atoms with van der Waals surface area (Å²) < 4.78 is 2.13. The number of ketones is 2. The molecule has 0 spiro atoms. The Labute approximate surface area is 229 Å². The minimum atomic E-state index is -0.885. The molecular formula is C32H38ClNO4. The molecule has 0 bridgehead atoms. The summed E-state index contributed by atoms with van der Waals surface area (Å²) in [6.07, 6.45) is 1.91. The van der Waals surface area contributed by atoms with E-state index in [1.165, 1.54) is 0 Å². The van der Waals surface area contributed by atoms with Crippen molar-refractivity contribution in [2.45, 2.75) is 78.0 Å². The molecule has 2 aromatic carbocycles.